The Morgan fingerprint density at radius 1 is 1.08 bits per heavy atom. The quantitative estimate of drug-likeness (QED) is 0.357. The highest BCUT2D eigenvalue weighted by atomic mass is 127. The first-order valence-corrected chi connectivity index (χ1v) is 7.97. The van der Waals surface area contributed by atoms with Crippen LogP contribution in [-0.2, 0) is 13.1 Å². The van der Waals surface area contributed by atoms with E-state index in [9.17, 15) is 0 Å². The number of aliphatic imine (C=N–C) groups is 1. The monoisotopic (exact) mass is 495 g/mol. The number of hydrogen-bond donors (Lipinski definition) is 2. The van der Waals surface area contributed by atoms with Gasteiger partial charge in [0.25, 0.3) is 0 Å². The summed E-state index contributed by atoms with van der Waals surface area (Å²) in [6.45, 7) is 0.894. The van der Waals surface area contributed by atoms with E-state index in [0.717, 1.165) is 11.1 Å². The Kier molecular flexibility index (Phi) is 9.16. The van der Waals surface area contributed by atoms with Crippen LogP contribution in [0.15, 0.2) is 41.4 Å². The largest absolute Gasteiger partial charge is 0.493 e. The Hall–Kier alpha value is -1.38. The fourth-order valence-corrected chi connectivity index (χ4v) is 2.54. The fourth-order valence-electron chi connectivity index (χ4n) is 2.06. The molecule has 0 fully saturated rings. The maximum Gasteiger partial charge on any atom is 0.189 e. The van der Waals surface area contributed by atoms with Crippen LogP contribution < -0.4 is 20.5 Å². The number of nitrogens with two attached hydrogens (primary N) is 1. The predicted molar refractivity (Wildman–Crippen MR) is 114 cm³/mol. The van der Waals surface area contributed by atoms with Crippen molar-refractivity contribution in [2.24, 2.45) is 10.7 Å². The van der Waals surface area contributed by atoms with Gasteiger partial charge in [-0.2, -0.15) is 0 Å². The molecule has 8 heteroatoms. The lowest BCUT2D eigenvalue weighted by atomic mass is 10.2. The first-order chi connectivity index (χ1) is 11.5. The van der Waals surface area contributed by atoms with Crippen molar-refractivity contribution in [3.8, 4) is 11.5 Å². The Bertz CT molecular complexity index is 742. The van der Waals surface area contributed by atoms with Crippen molar-refractivity contribution in [3.63, 3.8) is 0 Å². The van der Waals surface area contributed by atoms with Crippen molar-refractivity contribution in [1.82, 2.24) is 5.32 Å². The molecule has 0 aliphatic heterocycles. The highest BCUT2D eigenvalue weighted by Crippen LogP contribution is 2.27. The Morgan fingerprint density at radius 3 is 2.44 bits per heavy atom. The molecule has 5 nitrogen and oxygen atoms in total. The second kappa shape index (κ2) is 10.6. The van der Waals surface area contributed by atoms with E-state index in [2.05, 4.69) is 10.3 Å². The number of halogens is 3. The summed E-state index contributed by atoms with van der Waals surface area (Å²) in [5.74, 6) is 1.66. The first-order valence-electron chi connectivity index (χ1n) is 7.22. The van der Waals surface area contributed by atoms with Crippen LogP contribution in [0, 0.1) is 0 Å². The number of guanidine groups is 1. The zero-order chi connectivity index (χ0) is 17.5. The molecule has 0 unspecified atom stereocenters. The zero-order valence-electron chi connectivity index (χ0n) is 13.9. The standard InChI is InChI=1S/C17H19Cl2N3O2.HI/c1-23-15-6-3-11(7-16(15)24-2)9-21-17(20)22-10-12-4-5-13(18)8-14(12)19;/h3-8H,9-10H2,1-2H3,(H3,20,21,22);1H. The highest BCUT2D eigenvalue weighted by molar-refractivity contribution is 14.0. The summed E-state index contributed by atoms with van der Waals surface area (Å²) in [6.07, 6.45) is 0. The van der Waals surface area contributed by atoms with E-state index in [-0.39, 0.29) is 24.0 Å². The molecule has 0 aliphatic rings. The van der Waals surface area contributed by atoms with Gasteiger partial charge in [0, 0.05) is 16.6 Å². The summed E-state index contributed by atoms with van der Waals surface area (Å²) in [5.41, 5.74) is 7.74. The third-order valence-corrected chi connectivity index (χ3v) is 3.94. The van der Waals surface area contributed by atoms with E-state index in [1.165, 1.54) is 0 Å². The lowest BCUT2D eigenvalue weighted by molar-refractivity contribution is 0.354. The first kappa shape index (κ1) is 21.7. The number of benzene rings is 2. The van der Waals surface area contributed by atoms with Crippen molar-refractivity contribution >= 4 is 53.1 Å². The maximum absolute atomic E-state index is 6.12. The van der Waals surface area contributed by atoms with Gasteiger partial charge in [0.1, 0.15) is 0 Å². The van der Waals surface area contributed by atoms with Crippen molar-refractivity contribution in [2.45, 2.75) is 13.1 Å². The van der Waals surface area contributed by atoms with E-state index in [1.807, 2.05) is 24.3 Å². The molecule has 0 aliphatic carbocycles. The molecule has 2 aromatic carbocycles. The van der Waals surface area contributed by atoms with Crippen molar-refractivity contribution in [2.75, 3.05) is 14.2 Å². The molecule has 0 bridgehead atoms. The summed E-state index contributed by atoms with van der Waals surface area (Å²) < 4.78 is 10.5. The van der Waals surface area contributed by atoms with Gasteiger partial charge in [-0.25, -0.2) is 4.99 Å². The van der Waals surface area contributed by atoms with Gasteiger partial charge in [-0.05, 0) is 35.4 Å². The molecule has 136 valence electrons. The molecule has 0 saturated carbocycles. The summed E-state index contributed by atoms with van der Waals surface area (Å²) >= 11 is 12.0. The van der Waals surface area contributed by atoms with Gasteiger partial charge in [0.2, 0.25) is 0 Å². The minimum atomic E-state index is 0. The summed E-state index contributed by atoms with van der Waals surface area (Å²) in [4.78, 5) is 4.31. The molecule has 3 N–H and O–H groups in total. The lowest BCUT2D eigenvalue weighted by Gasteiger charge is -2.10. The minimum Gasteiger partial charge on any atom is -0.493 e. The molecule has 0 heterocycles. The number of methoxy groups -OCH3 is 2. The molecule has 0 aromatic heterocycles. The molecule has 0 saturated heterocycles. The summed E-state index contributed by atoms with van der Waals surface area (Å²) in [5, 5.41) is 4.21. The average Bonchev–Trinajstić information content (AvgIpc) is 2.58. The van der Waals surface area contributed by atoms with Crippen LogP contribution in [0.4, 0.5) is 0 Å². The van der Waals surface area contributed by atoms with E-state index in [4.69, 9.17) is 38.4 Å². The Morgan fingerprint density at radius 2 is 1.80 bits per heavy atom. The number of ether oxygens (including phenoxy) is 2. The van der Waals surface area contributed by atoms with E-state index in [0.29, 0.717) is 40.6 Å². The average molecular weight is 496 g/mol. The predicted octanol–water partition coefficient (Wildman–Crippen LogP) is 4.23. The molecule has 25 heavy (non-hydrogen) atoms. The molecular weight excluding hydrogens is 476 g/mol. The molecule has 2 rings (SSSR count). The fraction of sp³-hybridized carbons (Fsp3) is 0.235. The molecule has 0 atom stereocenters. The van der Waals surface area contributed by atoms with Gasteiger partial charge in [0.15, 0.2) is 17.5 Å². The van der Waals surface area contributed by atoms with Crippen LogP contribution in [0.2, 0.25) is 10.0 Å². The van der Waals surface area contributed by atoms with Gasteiger partial charge in [-0.15, -0.1) is 24.0 Å². The van der Waals surface area contributed by atoms with Crippen LogP contribution >= 0.6 is 47.2 Å². The van der Waals surface area contributed by atoms with E-state index >= 15 is 0 Å². The van der Waals surface area contributed by atoms with Crippen LogP contribution in [0.5, 0.6) is 11.5 Å². The number of rotatable bonds is 6. The van der Waals surface area contributed by atoms with Crippen LogP contribution in [-0.4, -0.2) is 20.2 Å². The topological polar surface area (TPSA) is 68.9 Å². The zero-order valence-corrected chi connectivity index (χ0v) is 17.7. The second-order valence-corrected chi connectivity index (χ2v) is 5.82. The Labute approximate surface area is 174 Å². The molecule has 0 amide bonds. The summed E-state index contributed by atoms with van der Waals surface area (Å²) in [6, 6.07) is 10.9. The number of nitrogens with zero attached hydrogens (tertiary/aromatic N) is 1. The van der Waals surface area contributed by atoms with E-state index < -0.39 is 0 Å². The third-order valence-electron chi connectivity index (χ3n) is 3.35. The van der Waals surface area contributed by atoms with Gasteiger partial charge >= 0.3 is 0 Å². The van der Waals surface area contributed by atoms with Crippen molar-refractivity contribution in [3.05, 3.63) is 57.6 Å². The third kappa shape index (κ3) is 6.45. The highest BCUT2D eigenvalue weighted by Gasteiger charge is 2.05. The molecule has 2 aromatic rings. The number of nitrogens with one attached hydrogen (secondary N) is 1. The molecular formula is C17H20Cl2IN3O2. The van der Waals surface area contributed by atoms with Gasteiger partial charge in [0.05, 0.1) is 20.8 Å². The van der Waals surface area contributed by atoms with E-state index in [1.54, 1.807) is 26.4 Å². The maximum atomic E-state index is 6.12. The number of hydrogen-bond acceptors (Lipinski definition) is 3. The SMILES string of the molecule is COc1ccc(CN=C(N)NCc2ccc(Cl)cc2Cl)cc1OC.I. The smallest absolute Gasteiger partial charge is 0.189 e. The molecule has 0 radical (unpaired) electrons. The summed E-state index contributed by atoms with van der Waals surface area (Å²) in [7, 11) is 3.19. The normalized spacial score (nSPS) is 10.8. The van der Waals surface area contributed by atoms with Crippen LogP contribution in [0.1, 0.15) is 11.1 Å². The van der Waals surface area contributed by atoms with Crippen LogP contribution in [0.3, 0.4) is 0 Å². The van der Waals surface area contributed by atoms with Gasteiger partial charge in [-0.3, -0.25) is 0 Å². The second-order valence-electron chi connectivity index (χ2n) is 4.98. The van der Waals surface area contributed by atoms with Crippen LogP contribution in [0.25, 0.3) is 0 Å². The minimum absolute atomic E-state index is 0. The van der Waals surface area contributed by atoms with Crippen molar-refractivity contribution in [1.29, 1.82) is 0 Å². The van der Waals surface area contributed by atoms with Gasteiger partial charge < -0.3 is 20.5 Å². The lowest BCUT2D eigenvalue weighted by Crippen LogP contribution is -2.31. The van der Waals surface area contributed by atoms with Crippen molar-refractivity contribution < 1.29 is 9.47 Å². The van der Waals surface area contributed by atoms with Gasteiger partial charge in [-0.1, -0.05) is 35.3 Å². The molecule has 0 spiro atoms. The Balaban J connectivity index is 0.00000312.